The molecule has 1 atom stereocenters. The van der Waals surface area contributed by atoms with E-state index in [9.17, 15) is 4.79 Å². The summed E-state index contributed by atoms with van der Waals surface area (Å²) in [7, 11) is 0. The molecule has 3 rings (SSSR count). The van der Waals surface area contributed by atoms with Gasteiger partial charge in [0, 0.05) is 31.2 Å². The molecule has 110 valence electrons. The number of piperidine rings is 1. The molecule has 0 bridgehead atoms. The van der Waals surface area contributed by atoms with Gasteiger partial charge in [-0.3, -0.25) is 14.9 Å². The van der Waals surface area contributed by atoms with Crippen molar-refractivity contribution in [2.75, 3.05) is 13.1 Å². The van der Waals surface area contributed by atoms with Gasteiger partial charge in [0.05, 0.1) is 12.4 Å². The number of amides is 1. The lowest BCUT2D eigenvalue weighted by Crippen LogP contribution is -2.41. The maximum atomic E-state index is 12.4. The minimum Gasteiger partial charge on any atom is -0.337 e. The van der Waals surface area contributed by atoms with E-state index in [0.29, 0.717) is 11.6 Å². The van der Waals surface area contributed by atoms with E-state index in [0.717, 1.165) is 32.4 Å². The zero-order valence-electron chi connectivity index (χ0n) is 12.1. The third-order valence-corrected chi connectivity index (χ3v) is 4.02. The lowest BCUT2D eigenvalue weighted by molar-refractivity contribution is 0.0666. The van der Waals surface area contributed by atoms with Crippen molar-refractivity contribution in [1.82, 2.24) is 25.1 Å². The lowest BCUT2D eigenvalue weighted by atomic mass is 9.92. The predicted molar refractivity (Wildman–Crippen MR) is 77.7 cm³/mol. The summed E-state index contributed by atoms with van der Waals surface area (Å²) in [5.74, 6) is 0.452. The van der Waals surface area contributed by atoms with Gasteiger partial charge in [0.15, 0.2) is 0 Å². The summed E-state index contributed by atoms with van der Waals surface area (Å²) >= 11 is 0. The van der Waals surface area contributed by atoms with Crippen molar-refractivity contribution in [2.45, 2.75) is 26.2 Å². The third-order valence-electron chi connectivity index (χ3n) is 4.02. The molecule has 0 radical (unpaired) electrons. The molecular formula is C15H19N5O. The first-order valence-corrected chi connectivity index (χ1v) is 7.28. The molecule has 1 aliphatic heterocycles. The minimum absolute atomic E-state index is 0.0193. The van der Waals surface area contributed by atoms with Crippen molar-refractivity contribution >= 4 is 5.91 Å². The van der Waals surface area contributed by atoms with E-state index in [1.165, 1.54) is 17.5 Å². The number of carbonyl (C=O) groups excluding carboxylic acids is 1. The van der Waals surface area contributed by atoms with Crippen LogP contribution in [0.25, 0.3) is 0 Å². The second kappa shape index (κ2) is 6.03. The molecule has 3 heterocycles. The summed E-state index contributed by atoms with van der Waals surface area (Å²) < 4.78 is 0. The molecule has 1 aliphatic rings. The highest BCUT2D eigenvalue weighted by Gasteiger charge is 2.26. The van der Waals surface area contributed by atoms with Crippen LogP contribution in [0.1, 0.15) is 34.6 Å². The lowest BCUT2D eigenvalue weighted by Gasteiger charge is -2.32. The van der Waals surface area contributed by atoms with Crippen molar-refractivity contribution in [3.05, 3.63) is 41.7 Å². The molecule has 1 fully saturated rings. The standard InChI is InChI=1S/C15H19N5O/c1-11-8-18-19-13(11)7-12-3-2-6-20(10-12)15(21)14-9-16-4-5-17-14/h4-5,8-9,12H,2-3,6-7,10H2,1H3,(H,18,19)/t12-/m0/s1. The van der Waals surface area contributed by atoms with E-state index in [2.05, 4.69) is 27.1 Å². The molecule has 1 amide bonds. The molecule has 0 saturated carbocycles. The van der Waals surface area contributed by atoms with E-state index in [1.54, 1.807) is 12.4 Å². The molecule has 0 aromatic carbocycles. The molecule has 1 saturated heterocycles. The number of nitrogens with zero attached hydrogens (tertiary/aromatic N) is 4. The van der Waals surface area contributed by atoms with Crippen molar-refractivity contribution < 1.29 is 4.79 Å². The quantitative estimate of drug-likeness (QED) is 0.929. The average molecular weight is 285 g/mol. The van der Waals surface area contributed by atoms with Gasteiger partial charge >= 0.3 is 0 Å². The van der Waals surface area contributed by atoms with Crippen molar-refractivity contribution in [2.24, 2.45) is 5.92 Å². The molecular weight excluding hydrogens is 266 g/mol. The van der Waals surface area contributed by atoms with Gasteiger partial charge in [-0.25, -0.2) is 4.98 Å². The van der Waals surface area contributed by atoms with Crippen molar-refractivity contribution in [3.8, 4) is 0 Å². The van der Waals surface area contributed by atoms with Gasteiger partial charge in [0.2, 0.25) is 0 Å². The van der Waals surface area contributed by atoms with Crippen LogP contribution in [0.15, 0.2) is 24.8 Å². The number of aryl methyl sites for hydroxylation is 1. The Morgan fingerprint density at radius 3 is 3.05 bits per heavy atom. The molecule has 6 heteroatoms. The van der Waals surface area contributed by atoms with Crippen molar-refractivity contribution in [3.63, 3.8) is 0 Å². The first-order valence-electron chi connectivity index (χ1n) is 7.28. The first kappa shape index (κ1) is 13.7. The number of hydrogen-bond donors (Lipinski definition) is 1. The number of nitrogens with one attached hydrogen (secondary N) is 1. The second-order valence-electron chi connectivity index (χ2n) is 5.59. The van der Waals surface area contributed by atoms with Crippen LogP contribution in [0.5, 0.6) is 0 Å². The van der Waals surface area contributed by atoms with Crippen molar-refractivity contribution in [1.29, 1.82) is 0 Å². The fourth-order valence-corrected chi connectivity index (χ4v) is 2.86. The fourth-order valence-electron chi connectivity index (χ4n) is 2.86. The van der Waals surface area contributed by atoms with E-state index in [-0.39, 0.29) is 5.91 Å². The summed E-state index contributed by atoms with van der Waals surface area (Å²) in [5.41, 5.74) is 2.79. The SMILES string of the molecule is Cc1cn[nH]c1C[C@@H]1CCCN(C(=O)c2cnccn2)C1. The van der Waals surface area contributed by atoms with Gasteiger partial charge in [-0.15, -0.1) is 0 Å². The number of hydrogen-bond acceptors (Lipinski definition) is 4. The van der Waals surface area contributed by atoms with Crippen LogP contribution in [-0.4, -0.2) is 44.1 Å². The maximum absolute atomic E-state index is 12.4. The number of H-pyrrole nitrogens is 1. The zero-order chi connectivity index (χ0) is 14.7. The average Bonchev–Trinajstić information content (AvgIpc) is 2.93. The van der Waals surface area contributed by atoms with Gasteiger partial charge in [0.1, 0.15) is 5.69 Å². The fraction of sp³-hybridized carbons (Fsp3) is 0.467. The first-order chi connectivity index (χ1) is 10.2. The Morgan fingerprint density at radius 2 is 2.33 bits per heavy atom. The number of rotatable bonds is 3. The highest BCUT2D eigenvalue weighted by molar-refractivity contribution is 5.92. The van der Waals surface area contributed by atoms with Crippen LogP contribution in [0.4, 0.5) is 0 Å². The van der Waals surface area contributed by atoms with Crippen LogP contribution < -0.4 is 0 Å². The number of carbonyl (C=O) groups is 1. The Hall–Kier alpha value is -2.24. The number of likely N-dealkylation sites (tertiary alicyclic amines) is 1. The third kappa shape index (κ3) is 3.09. The van der Waals surface area contributed by atoms with Crippen LogP contribution >= 0.6 is 0 Å². The Balaban J connectivity index is 1.66. The Morgan fingerprint density at radius 1 is 1.43 bits per heavy atom. The summed E-state index contributed by atoms with van der Waals surface area (Å²) in [6, 6.07) is 0. The van der Waals surface area contributed by atoms with Crippen LogP contribution in [0.2, 0.25) is 0 Å². The number of aromatic nitrogens is 4. The molecule has 1 N–H and O–H groups in total. The normalized spacial score (nSPS) is 18.7. The topological polar surface area (TPSA) is 74.8 Å². The molecule has 0 aliphatic carbocycles. The Kier molecular flexibility index (Phi) is 3.94. The van der Waals surface area contributed by atoms with Gasteiger partial charge < -0.3 is 4.90 Å². The van der Waals surface area contributed by atoms with E-state index in [4.69, 9.17) is 0 Å². The van der Waals surface area contributed by atoms with E-state index >= 15 is 0 Å². The molecule has 0 spiro atoms. The summed E-state index contributed by atoms with van der Waals surface area (Å²) in [6.45, 7) is 3.63. The van der Waals surface area contributed by atoms with Crippen LogP contribution in [0, 0.1) is 12.8 Å². The number of aromatic amines is 1. The molecule has 6 nitrogen and oxygen atoms in total. The summed E-state index contributed by atoms with van der Waals surface area (Å²) in [4.78, 5) is 22.4. The molecule has 2 aromatic rings. The smallest absolute Gasteiger partial charge is 0.274 e. The van der Waals surface area contributed by atoms with Gasteiger partial charge in [-0.05, 0) is 37.7 Å². The highest BCUT2D eigenvalue weighted by Crippen LogP contribution is 2.22. The molecule has 21 heavy (non-hydrogen) atoms. The molecule has 2 aromatic heterocycles. The van der Waals surface area contributed by atoms with Gasteiger partial charge in [-0.2, -0.15) is 5.10 Å². The van der Waals surface area contributed by atoms with Gasteiger partial charge in [-0.1, -0.05) is 0 Å². The zero-order valence-corrected chi connectivity index (χ0v) is 12.1. The largest absolute Gasteiger partial charge is 0.337 e. The van der Waals surface area contributed by atoms with Crippen LogP contribution in [-0.2, 0) is 6.42 Å². The molecule has 0 unspecified atom stereocenters. The minimum atomic E-state index is -0.0193. The predicted octanol–water partition coefficient (Wildman–Crippen LogP) is 1.60. The maximum Gasteiger partial charge on any atom is 0.274 e. The second-order valence-corrected chi connectivity index (χ2v) is 5.59. The van der Waals surface area contributed by atoms with E-state index in [1.807, 2.05) is 11.1 Å². The summed E-state index contributed by atoms with van der Waals surface area (Å²) in [5, 5.41) is 7.12. The van der Waals surface area contributed by atoms with Gasteiger partial charge in [0.25, 0.3) is 5.91 Å². The van der Waals surface area contributed by atoms with E-state index < -0.39 is 0 Å². The highest BCUT2D eigenvalue weighted by atomic mass is 16.2. The Labute approximate surface area is 123 Å². The monoisotopic (exact) mass is 285 g/mol. The Bertz CT molecular complexity index is 610. The summed E-state index contributed by atoms with van der Waals surface area (Å²) in [6.07, 6.45) is 9.63. The van der Waals surface area contributed by atoms with Crippen LogP contribution in [0.3, 0.4) is 0 Å².